The lowest BCUT2D eigenvalue weighted by molar-refractivity contribution is 1.21. The van der Waals surface area contributed by atoms with Crippen LogP contribution in [0.5, 0.6) is 0 Å². The third kappa shape index (κ3) is 0.249. The van der Waals surface area contributed by atoms with Crippen molar-refractivity contribution in [3.8, 4) is 0 Å². The molecule has 0 nitrogen and oxygen atoms in total. The molecule has 1 rings (SSSR count). The Morgan fingerprint density at radius 2 is 2.25 bits per heavy atom. The molecular weight excluding hydrogens is 46.8 g/mol. The van der Waals surface area contributed by atoms with Crippen LogP contribution in [0.15, 0.2) is 0 Å². The zero-order valence-electron chi connectivity index (χ0n) is 2.86. The Labute approximate surface area is 27.5 Å². The van der Waals surface area contributed by atoms with Crippen LogP contribution in [0, 0.1) is 0 Å². The summed E-state index contributed by atoms with van der Waals surface area (Å²) in [5.74, 6) is 0.958. The van der Waals surface area contributed by atoms with Crippen LogP contribution in [0.2, 0.25) is 12.1 Å². The molecule has 0 bridgehead atoms. The lowest BCUT2D eigenvalue weighted by Crippen LogP contribution is -1.41. The van der Waals surface area contributed by atoms with Gasteiger partial charge in [0, 0.05) is 0 Å². The highest BCUT2D eigenvalue weighted by Crippen LogP contribution is 2.24. The Morgan fingerprint density at radius 3 is 2.25 bits per heavy atom. The van der Waals surface area contributed by atoms with Crippen LogP contribution in [0.1, 0.15) is 6.92 Å². The summed E-state index contributed by atoms with van der Waals surface area (Å²) < 4.78 is 0. The molecule has 4 heavy (non-hydrogen) atoms. The van der Waals surface area contributed by atoms with E-state index in [-0.39, 0.29) is 0 Å². The predicted molar refractivity (Wildman–Crippen MR) is 20.0 cm³/mol. The highest BCUT2D eigenvalue weighted by Gasteiger charge is 2.15. The molecule has 0 aromatic heterocycles. The third-order valence-electron chi connectivity index (χ3n) is 0.707. The molecule has 1 aliphatic heterocycles. The van der Waals surface area contributed by atoms with E-state index in [2.05, 4.69) is 14.2 Å². The molecule has 0 N–H and O–H groups in total. The van der Waals surface area contributed by atoms with E-state index in [0.29, 0.717) is 0 Å². The molecule has 1 aliphatic rings. The normalized spacial score (nSPS) is 37.8. The van der Waals surface area contributed by atoms with Gasteiger partial charge in [-0.2, -0.15) is 0 Å². The minimum absolute atomic E-state index is 0.958. The highest BCUT2D eigenvalue weighted by molar-refractivity contribution is 6.50. The molecular formula is C3H6B. The molecule has 0 aromatic carbocycles. The zero-order valence-corrected chi connectivity index (χ0v) is 2.86. The summed E-state index contributed by atoms with van der Waals surface area (Å²) in [5.41, 5.74) is 0. The van der Waals surface area contributed by atoms with Crippen molar-refractivity contribution in [2.24, 2.45) is 0 Å². The van der Waals surface area contributed by atoms with Gasteiger partial charge in [-0.15, -0.1) is 0 Å². The summed E-state index contributed by atoms with van der Waals surface area (Å²) in [6, 6.07) is 0. The fraction of sp³-hybridized carbons (Fsp3) is 1.00. The van der Waals surface area contributed by atoms with Crippen molar-refractivity contribution in [2.75, 3.05) is 0 Å². The van der Waals surface area contributed by atoms with Crippen LogP contribution in [0.4, 0.5) is 0 Å². The first kappa shape index (κ1) is 2.31. The van der Waals surface area contributed by atoms with Crippen molar-refractivity contribution in [3.63, 3.8) is 0 Å². The molecule has 21 valence electrons. The molecule has 1 radical (unpaired) electrons. The summed E-state index contributed by atoms with van der Waals surface area (Å²) in [5, 5.41) is 0. The van der Waals surface area contributed by atoms with Gasteiger partial charge in [-0.25, -0.2) is 0 Å². The van der Waals surface area contributed by atoms with Crippen LogP contribution < -0.4 is 0 Å². The molecule has 0 saturated carbocycles. The van der Waals surface area contributed by atoms with Crippen LogP contribution in [-0.2, 0) is 0 Å². The van der Waals surface area contributed by atoms with Crippen LogP contribution in [0.25, 0.3) is 0 Å². The van der Waals surface area contributed by atoms with E-state index in [1.807, 2.05) is 0 Å². The van der Waals surface area contributed by atoms with E-state index < -0.39 is 0 Å². The van der Waals surface area contributed by atoms with Gasteiger partial charge in [0.25, 0.3) is 0 Å². The van der Waals surface area contributed by atoms with Crippen molar-refractivity contribution in [3.05, 3.63) is 0 Å². The van der Waals surface area contributed by atoms with Gasteiger partial charge in [0.15, 0.2) is 0 Å². The Balaban J connectivity index is 2.17. The molecule has 1 atom stereocenters. The van der Waals surface area contributed by atoms with E-state index >= 15 is 0 Å². The first-order valence-electron chi connectivity index (χ1n) is 1.73. The van der Waals surface area contributed by atoms with E-state index in [9.17, 15) is 0 Å². The molecule has 1 unspecified atom stereocenters. The predicted octanol–water partition coefficient (Wildman–Crippen LogP) is 0.931. The van der Waals surface area contributed by atoms with Gasteiger partial charge in [-0.1, -0.05) is 19.1 Å². The second kappa shape index (κ2) is 0.509. The largest absolute Gasteiger partial charge is 0.111 e. The van der Waals surface area contributed by atoms with Crippen molar-refractivity contribution in [1.29, 1.82) is 0 Å². The minimum atomic E-state index is 0.958. The second-order valence-corrected chi connectivity index (χ2v) is 1.45. The Morgan fingerprint density at radius 1 is 2.00 bits per heavy atom. The van der Waals surface area contributed by atoms with Gasteiger partial charge >= 0.3 is 0 Å². The van der Waals surface area contributed by atoms with Crippen molar-refractivity contribution < 1.29 is 0 Å². The molecule has 1 heteroatoms. The molecule has 0 aliphatic carbocycles. The summed E-state index contributed by atoms with van der Waals surface area (Å²) >= 11 is 0. The first-order chi connectivity index (χ1) is 1.89. The Bertz CT molecular complexity index is 22.5. The van der Waals surface area contributed by atoms with E-state index in [1.54, 1.807) is 0 Å². The van der Waals surface area contributed by atoms with Gasteiger partial charge in [-0.05, 0) is 0 Å². The summed E-state index contributed by atoms with van der Waals surface area (Å²) in [6.07, 6.45) is 1.36. The lowest BCUT2D eigenvalue weighted by Gasteiger charge is -1.54. The fourth-order valence-electron chi connectivity index (χ4n) is 0.136. The van der Waals surface area contributed by atoms with Crippen molar-refractivity contribution in [1.82, 2.24) is 0 Å². The molecule has 0 spiro atoms. The maximum Gasteiger partial charge on any atom is 0.111 e. The van der Waals surface area contributed by atoms with E-state index in [4.69, 9.17) is 0 Å². The topological polar surface area (TPSA) is 0 Å². The maximum absolute atomic E-state index is 2.29. The molecule has 0 aromatic rings. The minimum Gasteiger partial charge on any atom is -0.0844 e. The SMILES string of the molecule is CC1[B]C1. The molecule has 1 heterocycles. The Kier molecular flexibility index (Phi) is 0.294. The third-order valence-corrected chi connectivity index (χ3v) is 0.707. The average molecular weight is 52.9 g/mol. The first-order valence-corrected chi connectivity index (χ1v) is 1.73. The maximum atomic E-state index is 2.29. The summed E-state index contributed by atoms with van der Waals surface area (Å²) in [7, 11) is 2.29. The van der Waals surface area contributed by atoms with Gasteiger partial charge in [-0.3, -0.25) is 0 Å². The highest BCUT2D eigenvalue weighted by atomic mass is 13.9. The smallest absolute Gasteiger partial charge is 0.0844 e. The van der Waals surface area contributed by atoms with E-state index in [0.717, 1.165) is 5.82 Å². The molecule has 1 saturated heterocycles. The average Bonchev–Trinajstić information content (AvgIpc) is 1.75. The zero-order chi connectivity index (χ0) is 2.99. The van der Waals surface area contributed by atoms with Gasteiger partial charge in [0.05, 0.1) is 0 Å². The van der Waals surface area contributed by atoms with Gasteiger partial charge in [0.2, 0.25) is 0 Å². The van der Waals surface area contributed by atoms with Crippen molar-refractivity contribution in [2.45, 2.75) is 19.1 Å². The quantitative estimate of drug-likeness (QED) is 0.360. The lowest BCUT2D eigenvalue weighted by atomic mass is 10.0. The van der Waals surface area contributed by atoms with Crippen molar-refractivity contribution >= 4 is 7.28 Å². The standard InChI is InChI=1S/C3H6B/c1-3-2-4-3/h3H,2H2,1H3. The van der Waals surface area contributed by atoms with Gasteiger partial charge < -0.3 is 0 Å². The van der Waals surface area contributed by atoms with E-state index in [1.165, 1.54) is 6.32 Å². The number of hydrogen-bond acceptors (Lipinski definition) is 0. The summed E-state index contributed by atoms with van der Waals surface area (Å²) in [6.45, 7) is 2.22. The van der Waals surface area contributed by atoms with Crippen LogP contribution in [-0.4, -0.2) is 7.28 Å². The van der Waals surface area contributed by atoms with Gasteiger partial charge in [0.1, 0.15) is 7.28 Å². The monoisotopic (exact) mass is 53.1 g/mol. The summed E-state index contributed by atoms with van der Waals surface area (Å²) in [4.78, 5) is 0. The van der Waals surface area contributed by atoms with Crippen LogP contribution >= 0.6 is 0 Å². The molecule has 0 amide bonds. The fourth-order valence-corrected chi connectivity index (χ4v) is 0.136. The second-order valence-electron chi connectivity index (χ2n) is 1.45. The number of rotatable bonds is 0. The Hall–Kier alpha value is 0.0649. The molecule has 1 fully saturated rings. The van der Waals surface area contributed by atoms with Crippen LogP contribution in [0.3, 0.4) is 0 Å². The number of hydrogen-bond donors (Lipinski definition) is 0.